The molecule has 1 N–H and O–H groups in total. The quantitative estimate of drug-likeness (QED) is 0.907. The third-order valence-corrected chi connectivity index (χ3v) is 4.27. The van der Waals surface area contributed by atoms with Gasteiger partial charge in [-0.2, -0.15) is 0 Å². The van der Waals surface area contributed by atoms with Gasteiger partial charge in [0, 0.05) is 20.5 Å². The van der Waals surface area contributed by atoms with E-state index in [2.05, 4.69) is 12.2 Å². The molecule has 22 heavy (non-hydrogen) atoms. The first-order valence-electron chi connectivity index (χ1n) is 7.90. The molecule has 1 fully saturated rings. The summed E-state index contributed by atoms with van der Waals surface area (Å²) in [5.41, 5.74) is 1.07. The molecule has 0 bridgehead atoms. The maximum absolute atomic E-state index is 12.6. The van der Waals surface area contributed by atoms with E-state index in [1.165, 1.54) is 0 Å². The Bertz CT molecular complexity index is 518. The molecule has 0 aliphatic carbocycles. The average Bonchev–Trinajstić information content (AvgIpc) is 2.78. The lowest BCUT2D eigenvalue weighted by Crippen LogP contribution is -2.48. The van der Waals surface area contributed by atoms with Crippen LogP contribution in [0.2, 0.25) is 0 Å². The van der Waals surface area contributed by atoms with Crippen LogP contribution >= 0.6 is 0 Å². The van der Waals surface area contributed by atoms with Crippen LogP contribution in [-0.4, -0.2) is 48.0 Å². The fourth-order valence-electron chi connectivity index (χ4n) is 3.04. The molecule has 2 rings (SSSR count). The summed E-state index contributed by atoms with van der Waals surface area (Å²) in [7, 11) is 3.41. The molecule has 0 radical (unpaired) electrons. The first-order valence-corrected chi connectivity index (χ1v) is 7.90. The number of hydrogen-bond donors (Lipinski definition) is 1. The number of nitrogens with zero attached hydrogens (tertiary/aromatic N) is 2. The minimum atomic E-state index is -0.422. The highest BCUT2D eigenvalue weighted by Gasteiger charge is 2.45. The number of nitrogens with one attached hydrogen (secondary N) is 1. The van der Waals surface area contributed by atoms with Gasteiger partial charge in [0.1, 0.15) is 12.2 Å². The van der Waals surface area contributed by atoms with Crippen molar-refractivity contribution in [3.05, 3.63) is 35.9 Å². The number of amides is 3. The highest BCUT2D eigenvalue weighted by Crippen LogP contribution is 2.27. The van der Waals surface area contributed by atoms with Gasteiger partial charge in [0.15, 0.2) is 0 Å². The third-order valence-electron chi connectivity index (χ3n) is 4.27. The summed E-state index contributed by atoms with van der Waals surface area (Å²) in [4.78, 5) is 28.4. The molecule has 3 amide bonds. The molecular formula is C17H25N3O2. The number of unbranched alkanes of at least 4 members (excludes halogenated alkanes) is 1. The third kappa shape index (κ3) is 3.24. The van der Waals surface area contributed by atoms with Gasteiger partial charge >= 0.3 is 6.03 Å². The van der Waals surface area contributed by atoms with Crippen molar-refractivity contribution < 1.29 is 9.59 Å². The molecule has 1 heterocycles. The molecule has 1 aromatic carbocycles. The normalized spacial score (nSPS) is 21.3. The van der Waals surface area contributed by atoms with Gasteiger partial charge in [0.2, 0.25) is 5.91 Å². The molecule has 2 atom stereocenters. The van der Waals surface area contributed by atoms with Crippen molar-refractivity contribution in [1.29, 1.82) is 0 Å². The fourth-order valence-corrected chi connectivity index (χ4v) is 3.04. The van der Waals surface area contributed by atoms with E-state index in [1.54, 1.807) is 23.9 Å². The monoisotopic (exact) mass is 303 g/mol. The number of carbonyl (C=O) groups is 2. The largest absolute Gasteiger partial charge is 0.341 e. The molecular weight excluding hydrogens is 278 g/mol. The van der Waals surface area contributed by atoms with Crippen LogP contribution in [0.15, 0.2) is 30.3 Å². The van der Waals surface area contributed by atoms with E-state index in [1.807, 2.05) is 30.3 Å². The van der Waals surface area contributed by atoms with Gasteiger partial charge in [0.05, 0.1) is 0 Å². The molecule has 0 unspecified atom stereocenters. The van der Waals surface area contributed by atoms with Gasteiger partial charge in [0.25, 0.3) is 0 Å². The molecule has 5 heteroatoms. The Kier molecular flexibility index (Phi) is 5.41. The minimum Gasteiger partial charge on any atom is -0.341 e. The Labute approximate surface area is 132 Å². The van der Waals surface area contributed by atoms with E-state index in [9.17, 15) is 9.59 Å². The highest BCUT2D eigenvalue weighted by molar-refractivity contribution is 5.90. The topological polar surface area (TPSA) is 52.7 Å². The lowest BCUT2D eigenvalue weighted by atomic mass is 10.1. The number of likely N-dealkylation sites (N-methyl/N-ethyl adjacent to an activating group) is 1. The Hall–Kier alpha value is -2.04. The van der Waals surface area contributed by atoms with E-state index in [0.29, 0.717) is 6.42 Å². The van der Waals surface area contributed by atoms with E-state index in [-0.39, 0.29) is 18.1 Å². The number of rotatable bonds is 5. The Balaban J connectivity index is 2.24. The fraction of sp³-hybridized carbons (Fsp3) is 0.529. The zero-order valence-corrected chi connectivity index (χ0v) is 13.6. The molecule has 1 aromatic rings. The summed E-state index contributed by atoms with van der Waals surface area (Å²) in [6.45, 7) is 2.11. The van der Waals surface area contributed by atoms with Crippen LogP contribution in [0.5, 0.6) is 0 Å². The summed E-state index contributed by atoms with van der Waals surface area (Å²) < 4.78 is 0. The van der Waals surface area contributed by atoms with E-state index < -0.39 is 6.04 Å². The first kappa shape index (κ1) is 16.3. The second-order valence-electron chi connectivity index (χ2n) is 5.74. The van der Waals surface area contributed by atoms with Crippen molar-refractivity contribution in [3.8, 4) is 0 Å². The molecule has 0 spiro atoms. The number of hydrogen-bond acceptors (Lipinski definition) is 2. The molecule has 1 aliphatic rings. The first-order chi connectivity index (χ1) is 10.6. The van der Waals surface area contributed by atoms with Gasteiger partial charge in [-0.15, -0.1) is 0 Å². The summed E-state index contributed by atoms with van der Waals surface area (Å²) in [5, 5.41) is 2.68. The summed E-state index contributed by atoms with van der Waals surface area (Å²) in [6.07, 6.45) is 3.26. The van der Waals surface area contributed by atoms with Crippen molar-refractivity contribution in [1.82, 2.24) is 15.1 Å². The van der Waals surface area contributed by atoms with Crippen LogP contribution in [0, 0.1) is 0 Å². The second kappa shape index (κ2) is 7.29. The molecule has 0 saturated carbocycles. The van der Waals surface area contributed by atoms with Crippen LogP contribution in [0.25, 0.3) is 0 Å². The summed E-state index contributed by atoms with van der Waals surface area (Å²) >= 11 is 0. The predicted molar refractivity (Wildman–Crippen MR) is 86.3 cm³/mol. The SMILES string of the molecule is CCCC[C@@H]1N(C)C(=O)[C@H](Cc2ccccc2)N1C(=O)NC. The van der Waals surface area contributed by atoms with Crippen LogP contribution in [0.4, 0.5) is 4.79 Å². The zero-order chi connectivity index (χ0) is 16.1. The van der Waals surface area contributed by atoms with E-state index in [4.69, 9.17) is 0 Å². The summed E-state index contributed by atoms with van der Waals surface area (Å²) in [5.74, 6) is 0.0218. The number of urea groups is 1. The van der Waals surface area contributed by atoms with Crippen LogP contribution in [0.1, 0.15) is 31.7 Å². The number of benzene rings is 1. The lowest BCUT2D eigenvalue weighted by Gasteiger charge is -2.29. The summed E-state index contributed by atoms with van der Waals surface area (Å²) in [6, 6.07) is 9.25. The Morgan fingerprint density at radius 1 is 1.27 bits per heavy atom. The zero-order valence-electron chi connectivity index (χ0n) is 13.6. The smallest absolute Gasteiger partial charge is 0.319 e. The van der Waals surface area contributed by atoms with E-state index >= 15 is 0 Å². The van der Waals surface area contributed by atoms with Gasteiger partial charge in [-0.3, -0.25) is 9.69 Å². The maximum Gasteiger partial charge on any atom is 0.319 e. The van der Waals surface area contributed by atoms with Crippen LogP contribution < -0.4 is 5.32 Å². The number of carbonyl (C=O) groups excluding carboxylic acids is 2. The molecule has 1 saturated heterocycles. The maximum atomic E-state index is 12.6. The van der Waals surface area contributed by atoms with Gasteiger partial charge in [-0.1, -0.05) is 43.7 Å². The molecule has 5 nitrogen and oxygen atoms in total. The van der Waals surface area contributed by atoms with Crippen molar-refractivity contribution in [2.24, 2.45) is 0 Å². The molecule has 0 aromatic heterocycles. The van der Waals surface area contributed by atoms with Crippen molar-refractivity contribution in [2.75, 3.05) is 14.1 Å². The van der Waals surface area contributed by atoms with Crippen molar-refractivity contribution >= 4 is 11.9 Å². The second-order valence-corrected chi connectivity index (χ2v) is 5.74. The highest BCUT2D eigenvalue weighted by atomic mass is 16.2. The van der Waals surface area contributed by atoms with Gasteiger partial charge < -0.3 is 10.2 Å². The van der Waals surface area contributed by atoms with Crippen molar-refractivity contribution in [2.45, 2.75) is 44.8 Å². The average molecular weight is 303 g/mol. The van der Waals surface area contributed by atoms with E-state index in [0.717, 1.165) is 24.8 Å². The van der Waals surface area contributed by atoms with Crippen LogP contribution in [0.3, 0.4) is 0 Å². The predicted octanol–water partition coefficient (Wildman–Crippen LogP) is 2.23. The minimum absolute atomic E-state index is 0.0218. The Morgan fingerprint density at radius 2 is 1.95 bits per heavy atom. The van der Waals surface area contributed by atoms with Gasteiger partial charge in [-0.25, -0.2) is 4.79 Å². The molecule has 1 aliphatic heterocycles. The van der Waals surface area contributed by atoms with Gasteiger partial charge in [-0.05, 0) is 18.4 Å². The van der Waals surface area contributed by atoms with Crippen LogP contribution in [-0.2, 0) is 11.2 Å². The Morgan fingerprint density at radius 3 is 2.55 bits per heavy atom. The standard InChI is InChI=1S/C17H25N3O2/c1-4-5-11-15-19(3)16(21)14(20(15)17(22)18-2)12-13-9-7-6-8-10-13/h6-10,14-15H,4-5,11-12H2,1-3H3,(H,18,22)/t14-,15+/m0/s1. The molecule has 120 valence electrons. The lowest BCUT2D eigenvalue weighted by molar-refractivity contribution is -0.128. The van der Waals surface area contributed by atoms with Crippen molar-refractivity contribution in [3.63, 3.8) is 0 Å².